The second kappa shape index (κ2) is 5.80. The minimum atomic E-state index is -4.57. The second-order valence-corrected chi connectivity index (χ2v) is 5.80. The smallest absolute Gasteiger partial charge is 0.372 e. The summed E-state index contributed by atoms with van der Waals surface area (Å²) < 4.78 is 39.2. The highest BCUT2D eigenvalue weighted by atomic mass is 32.1. The Morgan fingerprint density at radius 2 is 1.74 bits per heavy atom. The molecule has 122 valence electrons. The molecular formula is C14H14F3N5S. The average Bonchev–Trinajstić information content (AvgIpc) is 3.08. The van der Waals surface area contributed by atoms with Gasteiger partial charge in [-0.1, -0.05) is 11.3 Å². The van der Waals surface area contributed by atoms with E-state index in [0.717, 1.165) is 40.2 Å². The summed E-state index contributed by atoms with van der Waals surface area (Å²) in [4.78, 5) is 2.31. The van der Waals surface area contributed by atoms with Gasteiger partial charge < -0.3 is 4.90 Å². The van der Waals surface area contributed by atoms with E-state index in [1.165, 1.54) is 0 Å². The van der Waals surface area contributed by atoms with Crippen molar-refractivity contribution in [1.29, 1.82) is 0 Å². The van der Waals surface area contributed by atoms with Crippen molar-refractivity contribution in [2.75, 3.05) is 18.0 Å². The summed E-state index contributed by atoms with van der Waals surface area (Å²) in [6, 6.07) is 7.59. The molecule has 0 radical (unpaired) electrons. The monoisotopic (exact) mass is 341 g/mol. The topological polar surface area (TPSA) is 46.3 Å². The molecule has 0 aliphatic carbocycles. The van der Waals surface area contributed by atoms with E-state index < -0.39 is 12.0 Å². The Balaban J connectivity index is 1.96. The summed E-state index contributed by atoms with van der Waals surface area (Å²) in [5.41, 5.74) is 1.82. The van der Waals surface area contributed by atoms with E-state index in [9.17, 15) is 13.2 Å². The van der Waals surface area contributed by atoms with Gasteiger partial charge >= 0.3 is 6.18 Å². The standard InChI is InChI=1S/C14H14F3N5S/c1-3-21(4-2)10-7-5-9(6-8-10)11-20-22-12(14(15,16)17)18-19-13(22)23-11/h5-8H,3-4H2,1-2H3. The molecule has 9 heteroatoms. The van der Waals surface area contributed by atoms with Crippen LogP contribution in [-0.2, 0) is 6.18 Å². The zero-order valence-electron chi connectivity index (χ0n) is 12.5. The number of fused-ring (bicyclic) bond motifs is 1. The van der Waals surface area contributed by atoms with E-state index in [-0.39, 0.29) is 4.96 Å². The number of hydrogen-bond donors (Lipinski definition) is 0. The first-order valence-corrected chi connectivity index (χ1v) is 7.90. The summed E-state index contributed by atoms with van der Waals surface area (Å²) in [7, 11) is 0. The Kier molecular flexibility index (Phi) is 3.97. The average molecular weight is 341 g/mol. The highest BCUT2D eigenvalue weighted by Gasteiger charge is 2.38. The number of nitrogens with zero attached hydrogens (tertiary/aromatic N) is 5. The lowest BCUT2D eigenvalue weighted by Crippen LogP contribution is -2.21. The normalized spacial score (nSPS) is 12.0. The number of anilines is 1. The molecule has 5 nitrogen and oxygen atoms in total. The fraction of sp³-hybridized carbons (Fsp3) is 0.357. The maximum atomic E-state index is 12.8. The summed E-state index contributed by atoms with van der Waals surface area (Å²) in [5, 5.41) is 11.2. The van der Waals surface area contributed by atoms with E-state index in [4.69, 9.17) is 0 Å². The van der Waals surface area contributed by atoms with Crippen LogP contribution in [0.4, 0.5) is 18.9 Å². The number of hydrogen-bond acceptors (Lipinski definition) is 5. The van der Waals surface area contributed by atoms with Gasteiger partial charge in [0.05, 0.1) is 0 Å². The maximum absolute atomic E-state index is 12.8. The number of halogens is 3. The van der Waals surface area contributed by atoms with Crippen LogP contribution in [0, 0.1) is 0 Å². The fourth-order valence-electron chi connectivity index (χ4n) is 2.31. The van der Waals surface area contributed by atoms with Crippen molar-refractivity contribution in [2.45, 2.75) is 20.0 Å². The Morgan fingerprint density at radius 1 is 1.09 bits per heavy atom. The van der Waals surface area contributed by atoms with Crippen molar-refractivity contribution in [3.8, 4) is 10.6 Å². The summed E-state index contributed by atoms with van der Waals surface area (Å²) in [6.07, 6.45) is -4.57. The number of benzene rings is 1. The first kappa shape index (κ1) is 15.7. The lowest BCUT2D eigenvalue weighted by molar-refractivity contribution is -0.146. The molecule has 0 aliphatic rings. The quantitative estimate of drug-likeness (QED) is 0.726. The molecule has 0 aliphatic heterocycles. The summed E-state index contributed by atoms with van der Waals surface area (Å²) >= 11 is 1.08. The molecule has 0 bridgehead atoms. The molecule has 1 aromatic carbocycles. The minimum Gasteiger partial charge on any atom is -0.372 e. The molecule has 2 heterocycles. The number of rotatable bonds is 4. The van der Waals surface area contributed by atoms with E-state index >= 15 is 0 Å². The van der Waals surface area contributed by atoms with Crippen LogP contribution in [0.1, 0.15) is 19.7 Å². The van der Waals surface area contributed by atoms with E-state index in [2.05, 4.69) is 34.0 Å². The molecule has 23 heavy (non-hydrogen) atoms. The lowest BCUT2D eigenvalue weighted by Gasteiger charge is -2.20. The molecule has 0 spiro atoms. The maximum Gasteiger partial charge on any atom is 0.453 e. The van der Waals surface area contributed by atoms with Crippen LogP contribution < -0.4 is 4.90 Å². The fourth-order valence-corrected chi connectivity index (χ4v) is 3.16. The van der Waals surface area contributed by atoms with Gasteiger partial charge in [0.15, 0.2) is 0 Å². The molecule has 0 amide bonds. The Labute approximate surface area is 134 Å². The Hall–Kier alpha value is -2.16. The third-order valence-electron chi connectivity index (χ3n) is 3.49. The molecule has 0 unspecified atom stereocenters. The molecule has 2 aromatic heterocycles. The molecule has 0 fully saturated rings. The zero-order chi connectivity index (χ0) is 16.6. The third kappa shape index (κ3) is 2.88. The van der Waals surface area contributed by atoms with Gasteiger partial charge in [-0.2, -0.15) is 22.8 Å². The molecule has 0 saturated heterocycles. The van der Waals surface area contributed by atoms with Gasteiger partial charge in [-0.25, -0.2) is 0 Å². The van der Waals surface area contributed by atoms with Crippen molar-refractivity contribution in [3.63, 3.8) is 0 Å². The minimum absolute atomic E-state index is 0.125. The summed E-state index contributed by atoms with van der Waals surface area (Å²) in [6.45, 7) is 5.92. The van der Waals surface area contributed by atoms with Crippen LogP contribution in [0.25, 0.3) is 15.5 Å². The largest absolute Gasteiger partial charge is 0.453 e. The predicted molar refractivity (Wildman–Crippen MR) is 82.7 cm³/mol. The highest BCUT2D eigenvalue weighted by molar-refractivity contribution is 7.19. The van der Waals surface area contributed by atoms with Gasteiger partial charge in [0.25, 0.3) is 5.82 Å². The highest BCUT2D eigenvalue weighted by Crippen LogP contribution is 2.32. The Morgan fingerprint density at radius 3 is 2.30 bits per heavy atom. The SMILES string of the molecule is CCN(CC)c1ccc(-c2nn3c(C(F)(F)F)nnc3s2)cc1. The van der Waals surface area contributed by atoms with Gasteiger partial charge in [0.1, 0.15) is 5.01 Å². The lowest BCUT2D eigenvalue weighted by atomic mass is 10.2. The van der Waals surface area contributed by atoms with Gasteiger partial charge in [-0.05, 0) is 38.1 Å². The van der Waals surface area contributed by atoms with E-state index in [1.54, 1.807) is 0 Å². The van der Waals surface area contributed by atoms with E-state index in [0.29, 0.717) is 5.01 Å². The Bertz CT molecular complexity index is 802. The van der Waals surface area contributed by atoms with Gasteiger partial charge in [0.2, 0.25) is 4.96 Å². The van der Waals surface area contributed by atoms with Crippen LogP contribution in [-0.4, -0.2) is 32.9 Å². The van der Waals surface area contributed by atoms with Crippen molar-refractivity contribution < 1.29 is 13.2 Å². The van der Waals surface area contributed by atoms with Crippen LogP contribution in [0.15, 0.2) is 24.3 Å². The van der Waals surface area contributed by atoms with Gasteiger partial charge in [-0.3, -0.25) is 0 Å². The van der Waals surface area contributed by atoms with Crippen molar-refractivity contribution in [2.24, 2.45) is 0 Å². The van der Waals surface area contributed by atoms with Crippen LogP contribution in [0.5, 0.6) is 0 Å². The van der Waals surface area contributed by atoms with Crippen LogP contribution >= 0.6 is 11.3 Å². The molecule has 3 rings (SSSR count). The van der Waals surface area contributed by atoms with Gasteiger partial charge in [-0.15, -0.1) is 10.2 Å². The molecule has 3 aromatic rings. The zero-order valence-corrected chi connectivity index (χ0v) is 13.3. The van der Waals surface area contributed by atoms with Gasteiger partial charge in [0, 0.05) is 24.3 Å². The van der Waals surface area contributed by atoms with Crippen LogP contribution in [0.2, 0.25) is 0 Å². The van der Waals surface area contributed by atoms with Crippen LogP contribution in [0.3, 0.4) is 0 Å². The molecule has 0 N–H and O–H groups in total. The van der Waals surface area contributed by atoms with Crippen molar-refractivity contribution in [3.05, 3.63) is 30.1 Å². The first-order chi connectivity index (χ1) is 10.9. The molecular weight excluding hydrogens is 327 g/mol. The predicted octanol–water partition coefficient (Wildman–Crippen LogP) is 3.72. The number of aromatic nitrogens is 4. The third-order valence-corrected chi connectivity index (χ3v) is 4.44. The van der Waals surface area contributed by atoms with Crippen molar-refractivity contribution >= 4 is 22.0 Å². The first-order valence-electron chi connectivity index (χ1n) is 7.08. The van der Waals surface area contributed by atoms with Crippen molar-refractivity contribution in [1.82, 2.24) is 19.8 Å². The van der Waals surface area contributed by atoms with E-state index in [1.807, 2.05) is 24.3 Å². The molecule has 0 saturated carbocycles. The second-order valence-electron chi connectivity index (χ2n) is 4.84. The molecule has 0 atom stereocenters. The number of alkyl halides is 3. The summed E-state index contributed by atoms with van der Waals surface area (Å²) in [5.74, 6) is -1.10.